The van der Waals surface area contributed by atoms with Crippen LogP contribution in [0.3, 0.4) is 0 Å². The Balaban J connectivity index is -0.000000145. The average molecular weight is 302 g/mol. The molecule has 0 unspecified atom stereocenters. The van der Waals surface area contributed by atoms with Crippen LogP contribution in [0.4, 0.5) is 0 Å². The summed E-state index contributed by atoms with van der Waals surface area (Å²) in [7, 11) is 0. The number of benzene rings is 1. The fourth-order valence-corrected chi connectivity index (χ4v) is 0.342. The van der Waals surface area contributed by atoms with E-state index in [1.54, 1.807) is 0 Å². The Morgan fingerprint density at radius 2 is 1.20 bits per heavy atom. The third-order valence-corrected chi connectivity index (χ3v) is 0.607. The standard InChI is InChI=1S/C6H5.2C2H4O2.Pd/c1-2-4-6-5-3-1;2*1-2(3)4;/h1-5H;2*1H3,(H,3,4);/q-1;;;+2/p-2. The van der Waals surface area contributed by atoms with Crippen LogP contribution in [0.1, 0.15) is 13.8 Å². The van der Waals surface area contributed by atoms with Crippen molar-refractivity contribution in [2.24, 2.45) is 0 Å². The molecule has 0 aliphatic rings. The minimum atomic E-state index is -1.08. The summed E-state index contributed by atoms with van der Waals surface area (Å²) < 4.78 is 0. The van der Waals surface area contributed by atoms with Crippen molar-refractivity contribution in [1.82, 2.24) is 0 Å². The summed E-state index contributed by atoms with van der Waals surface area (Å²) in [5.41, 5.74) is 0. The molecular formula is C10H11O4Pd-. The first-order valence-corrected chi connectivity index (χ1v) is 3.73. The molecule has 15 heavy (non-hydrogen) atoms. The van der Waals surface area contributed by atoms with Gasteiger partial charge in [0.15, 0.2) is 0 Å². The second-order valence-corrected chi connectivity index (χ2v) is 2.06. The zero-order chi connectivity index (χ0) is 11.4. The Hall–Kier alpha value is -1.18. The second kappa shape index (κ2) is 15.3. The summed E-state index contributed by atoms with van der Waals surface area (Å²) in [6.07, 6.45) is 0. The third-order valence-electron chi connectivity index (χ3n) is 0.607. The first-order valence-electron chi connectivity index (χ1n) is 3.73. The molecule has 5 heteroatoms. The molecule has 0 bridgehead atoms. The van der Waals surface area contributed by atoms with Crippen molar-refractivity contribution in [2.45, 2.75) is 13.8 Å². The average Bonchev–Trinajstić information content (AvgIpc) is 2.05. The van der Waals surface area contributed by atoms with Crippen LogP contribution in [0, 0.1) is 6.07 Å². The van der Waals surface area contributed by atoms with Crippen LogP contribution in [0.25, 0.3) is 0 Å². The number of rotatable bonds is 0. The van der Waals surface area contributed by atoms with Crippen LogP contribution >= 0.6 is 0 Å². The summed E-state index contributed by atoms with van der Waals surface area (Å²) in [6, 6.07) is 12.5. The Labute approximate surface area is 103 Å². The third kappa shape index (κ3) is 64.6. The van der Waals surface area contributed by atoms with Gasteiger partial charge in [-0.05, 0) is 13.8 Å². The zero-order valence-electron chi connectivity index (χ0n) is 8.34. The van der Waals surface area contributed by atoms with Gasteiger partial charge in [-0.2, -0.15) is 36.4 Å². The molecule has 0 N–H and O–H groups in total. The van der Waals surface area contributed by atoms with Gasteiger partial charge in [0.2, 0.25) is 0 Å². The van der Waals surface area contributed by atoms with Crippen molar-refractivity contribution in [1.29, 1.82) is 0 Å². The fraction of sp³-hybridized carbons (Fsp3) is 0.200. The predicted octanol–water partition coefficient (Wildman–Crippen LogP) is -1.00. The molecule has 0 aromatic heterocycles. The maximum Gasteiger partial charge on any atom is 2.00 e. The molecule has 0 radical (unpaired) electrons. The SMILES string of the molecule is CC(=O)[O-].CC(=O)[O-].[Pd+2].[c-]1ccccc1. The molecule has 1 aromatic rings. The molecule has 1 rings (SSSR count). The van der Waals surface area contributed by atoms with Gasteiger partial charge in [0, 0.05) is 11.9 Å². The number of aliphatic carboxylic acids is 2. The molecule has 0 amide bonds. The largest absolute Gasteiger partial charge is 2.00 e. The monoisotopic (exact) mass is 301 g/mol. The number of carboxylic acid groups (broad SMARTS) is 2. The molecule has 0 aliphatic heterocycles. The predicted molar refractivity (Wildman–Crippen MR) is 46.6 cm³/mol. The Bertz CT molecular complexity index is 202. The topological polar surface area (TPSA) is 80.3 Å². The van der Waals surface area contributed by atoms with Crippen molar-refractivity contribution in [3.63, 3.8) is 0 Å². The van der Waals surface area contributed by atoms with E-state index in [2.05, 4.69) is 6.07 Å². The molecule has 4 nitrogen and oxygen atoms in total. The number of hydrogen-bond donors (Lipinski definition) is 0. The number of carboxylic acids is 2. The Kier molecular flexibility index (Phi) is 19.8. The van der Waals surface area contributed by atoms with Gasteiger partial charge in [0.25, 0.3) is 0 Å². The van der Waals surface area contributed by atoms with E-state index < -0.39 is 11.9 Å². The van der Waals surface area contributed by atoms with Crippen molar-refractivity contribution >= 4 is 11.9 Å². The molecule has 0 saturated heterocycles. The molecule has 86 valence electrons. The molecule has 0 saturated carbocycles. The van der Waals surface area contributed by atoms with Crippen LogP contribution in [0.5, 0.6) is 0 Å². The van der Waals surface area contributed by atoms with E-state index in [0.717, 1.165) is 13.8 Å². The van der Waals surface area contributed by atoms with E-state index in [1.807, 2.05) is 30.3 Å². The van der Waals surface area contributed by atoms with E-state index in [0.29, 0.717) is 0 Å². The summed E-state index contributed by atoms with van der Waals surface area (Å²) in [4.78, 5) is 17.8. The summed E-state index contributed by atoms with van der Waals surface area (Å²) in [6.45, 7) is 1.94. The molecule has 0 aliphatic carbocycles. The first kappa shape index (κ1) is 19.4. The van der Waals surface area contributed by atoms with Crippen molar-refractivity contribution < 1.29 is 40.2 Å². The maximum absolute atomic E-state index is 8.89. The van der Waals surface area contributed by atoms with E-state index in [4.69, 9.17) is 19.8 Å². The second-order valence-electron chi connectivity index (χ2n) is 2.06. The zero-order valence-corrected chi connectivity index (χ0v) is 9.89. The molecule has 0 spiro atoms. The van der Waals surface area contributed by atoms with Gasteiger partial charge >= 0.3 is 20.4 Å². The van der Waals surface area contributed by atoms with E-state index >= 15 is 0 Å². The van der Waals surface area contributed by atoms with Crippen LogP contribution in [-0.2, 0) is 30.0 Å². The minimum absolute atomic E-state index is 0. The number of hydrogen-bond acceptors (Lipinski definition) is 4. The summed E-state index contributed by atoms with van der Waals surface area (Å²) in [5, 5.41) is 17.8. The van der Waals surface area contributed by atoms with Gasteiger partial charge in [-0.15, -0.1) is 0 Å². The van der Waals surface area contributed by atoms with Crippen molar-refractivity contribution in [3.05, 3.63) is 36.4 Å². The van der Waals surface area contributed by atoms with Gasteiger partial charge < -0.3 is 19.8 Å². The van der Waals surface area contributed by atoms with E-state index in [9.17, 15) is 0 Å². The van der Waals surface area contributed by atoms with Gasteiger partial charge in [-0.1, -0.05) is 0 Å². The van der Waals surface area contributed by atoms with Gasteiger partial charge in [-0.3, -0.25) is 0 Å². The van der Waals surface area contributed by atoms with Gasteiger partial charge in [-0.25, -0.2) is 0 Å². The van der Waals surface area contributed by atoms with Crippen molar-refractivity contribution in [3.8, 4) is 0 Å². The quantitative estimate of drug-likeness (QED) is 0.454. The first-order chi connectivity index (χ1) is 6.46. The minimum Gasteiger partial charge on any atom is -0.550 e. The molecule has 0 atom stereocenters. The normalized spacial score (nSPS) is 6.53. The Morgan fingerprint density at radius 3 is 1.27 bits per heavy atom. The van der Waals surface area contributed by atoms with Crippen LogP contribution in [0.15, 0.2) is 30.3 Å². The van der Waals surface area contributed by atoms with Gasteiger partial charge in [0.1, 0.15) is 0 Å². The van der Waals surface area contributed by atoms with Crippen LogP contribution in [0.2, 0.25) is 0 Å². The van der Waals surface area contributed by atoms with E-state index in [1.165, 1.54) is 0 Å². The number of carbonyl (C=O) groups excluding carboxylic acids is 2. The molecular weight excluding hydrogens is 291 g/mol. The molecule has 1 aromatic carbocycles. The number of carbonyl (C=O) groups is 2. The fourth-order valence-electron chi connectivity index (χ4n) is 0.342. The smallest absolute Gasteiger partial charge is 0.550 e. The van der Waals surface area contributed by atoms with Gasteiger partial charge in [0.05, 0.1) is 0 Å². The summed E-state index contributed by atoms with van der Waals surface area (Å²) >= 11 is 0. The van der Waals surface area contributed by atoms with Crippen LogP contribution < -0.4 is 10.2 Å². The summed E-state index contributed by atoms with van der Waals surface area (Å²) in [5.74, 6) is -2.17. The maximum atomic E-state index is 8.89. The molecule has 0 heterocycles. The van der Waals surface area contributed by atoms with Crippen molar-refractivity contribution in [2.75, 3.05) is 0 Å². The molecule has 0 fully saturated rings. The van der Waals surface area contributed by atoms with E-state index in [-0.39, 0.29) is 20.4 Å². The Morgan fingerprint density at radius 1 is 0.933 bits per heavy atom. The van der Waals surface area contributed by atoms with Crippen LogP contribution in [-0.4, -0.2) is 11.9 Å².